The zero-order valence-corrected chi connectivity index (χ0v) is 76.9. The average Bonchev–Trinajstić information content (AvgIpc) is 1.59. The topological polar surface area (TPSA) is 207 Å². The van der Waals surface area contributed by atoms with Crippen LogP contribution in [-0.2, 0) is 0 Å². The van der Waals surface area contributed by atoms with Crippen molar-refractivity contribution in [2.45, 2.75) is 0 Å². The van der Waals surface area contributed by atoms with Gasteiger partial charge in [-0.3, -0.25) is 0 Å². The molecular weight excluding hydrogens is 1780 g/mol. The van der Waals surface area contributed by atoms with Crippen LogP contribution in [0.5, 0.6) is 0 Å². The third-order valence-corrected chi connectivity index (χ3v) is 29.7. The van der Waals surface area contributed by atoms with Gasteiger partial charge in [-0.05, 0) is 231 Å². The van der Waals surface area contributed by atoms with Gasteiger partial charge in [0.15, 0.2) is 5.58 Å². The fourth-order valence-electron chi connectivity index (χ4n) is 21.1. The molecule has 0 amide bonds. The number of benzene rings is 20. The fourth-order valence-corrected chi connectivity index (χ4v) is 23.4. The Morgan fingerprint density at radius 1 is 0.169 bits per heavy atom. The second-order valence-corrected chi connectivity index (χ2v) is 37.3. The van der Waals surface area contributed by atoms with Crippen molar-refractivity contribution in [3.05, 3.63) is 452 Å². The molecule has 0 spiro atoms. The van der Waals surface area contributed by atoms with Crippen molar-refractivity contribution in [2.75, 3.05) is 0 Å². The van der Waals surface area contributed by atoms with E-state index in [1.807, 2.05) is 211 Å². The lowest BCUT2D eigenvalue weighted by molar-refractivity contribution is 0.666. The summed E-state index contributed by atoms with van der Waals surface area (Å²) in [4.78, 5) is 0. The summed E-state index contributed by atoms with van der Waals surface area (Å²) in [7, 11) is 0. The molecule has 658 valence electrons. The highest BCUT2D eigenvalue weighted by molar-refractivity contribution is 7.26. The predicted molar refractivity (Wildman–Crippen MR) is 580 cm³/mol. The van der Waals surface area contributed by atoms with E-state index in [1.165, 1.54) is 56.8 Å². The molecule has 0 bridgehead atoms. The van der Waals surface area contributed by atoms with Crippen molar-refractivity contribution >= 4 is 238 Å². The molecule has 30 aromatic rings. The number of nitriles is 6. The molecule has 0 aliphatic heterocycles. The van der Waals surface area contributed by atoms with Crippen LogP contribution in [0, 0.1) is 68.0 Å². The summed E-state index contributed by atoms with van der Waals surface area (Å²) in [6.45, 7) is 0. The van der Waals surface area contributed by atoms with Gasteiger partial charge in [-0.25, -0.2) is 0 Å². The van der Waals surface area contributed by atoms with Crippen molar-refractivity contribution in [1.82, 2.24) is 22.8 Å². The molecule has 20 aromatic carbocycles. The quantitative estimate of drug-likeness (QED) is 0.160. The molecular formula is C126H69N11O3S2. The Bertz CT molecular complexity index is 10300. The number of fused-ring (bicyclic) bond motifs is 30. The first-order valence-corrected chi connectivity index (χ1v) is 47.9. The van der Waals surface area contributed by atoms with Gasteiger partial charge in [-0.15, -0.1) is 22.7 Å². The summed E-state index contributed by atoms with van der Waals surface area (Å²) in [6.07, 6.45) is 0. The van der Waals surface area contributed by atoms with Crippen LogP contribution in [0.4, 0.5) is 0 Å². The van der Waals surface area contributed by atoms with Gasteiger partial charge in [0.25, 0.3) is 0 Å². The Kier molecular flexibility index (Phi) is 19.6. The molecule has 0 saturated heterocycles. The molecule has 16 heteroatoms. The maximum atomic E-state index is 9.37. The van der Waals surface area contributed by atoms with Crippen molar-refractivity contribution in [2.24, 2.45) is 0 Å². The summed E-state index contributed by atoms with van der Waals surface area (Å²) in [5.74, 6) is 0. The minimum absolute atomic E-state index is 0.597. The second kappa shape index (κ2) is 33.6. The molecule has 30 rings (SSSR count). The normalized spacial score (nSPS) is 11.5. The molecule has 0 fully saturated rings. The van der Waals surface area contributed by atoms with Crippen LogP contribution in [0.3, 0.4) is 0 Å². The Hall–Kier alpha value is -19.8. The molecule has 10 aromatic heterocycles. The van der Waals surface area contributed by atoms with Crippen LogP contribution in [0.1, 0.15) is 33.4 Å². The largest absolute Gasteiger partial charge is 0.456 e. The Labute approximate surface area is 816 Å². The Morgan fingerprint density at radius 3 is 0.845 bits per heavy atom. The molecule has 0 N–H and O–H groups in total. The Morgan fingerprint density at radius 2 is 0.437 bits per heavy atom. The van der Waals surface area contributed by atoms with E-state index in [0.29, 0.717) is 33.4 Å². The van der Waals surface area contributed by atoms with Crippen molar-refractivity contribution in [3.63, 3.8) is 0 Å². The molecule has 14 nitrogen and oxygen atoms in total. The van der Waals surface area contributed by atoms with Gasteiger partial charge in [0, 0.05) is 139 Å². The highest BCUT2D eigenvalue weighted by Crippen LogP contribution is 2.47. The van der Waals surface area contributed by atoms with Gasteiger partial charge >= 0.3 is 0 Å². The van der Waals surface area contributed by atoms with Gasteiger partial charge in [0.2, 0.25) is 0 Å². The lowest BCUT2D eigenvalue weighted by Gasteiger charge is -2.09. The average molecular weight is 1850 g/mol. The second-order valence-electron chi connectivity index (χ2n) is 35.1. The number of hydrogen-bond donors (Lipinski definition) is 0. The Balaban J connectivity index is 0.0000000909. The molecule has 0 radical (unpaired) electrons. The maximum Gasteiger partial charge on any atom is 0.159 e. The first kappa shape index (κ1) is 82.8. The minimum atomic E-state index is 0.597. The van der Waals surface area contributed by atoms with Crippen LogP contribution >= 0.6 is 22.7 Å². The van der Waals surface area contributed by atoms with Crippen molar-refractivity contribution in [1.29, 1.82) is 31.6 Å². The number of aromatic nitrogens is 5. The van der Waals surface area contributed by atoms with Crippen molar-refractivity contribution < 1.29 is 13.3 Å². The van der Waals surface area contributed by atoms with Crippen molar-refractivity contribution in [3.8, 4) is 64.9 Å². The summed E-state index contributed by atoms with van der Waals surface area (Å²) < 4.78 is 34.8. The summed E-state index contributed by atoms with van der Waals surface area (Å²) in [5, 5.41) is 78.8. The number of para-hydroxylation sites is 8. The molecule has 0 atom stereocenters. The molecule has 0 aliphatic carbocycles. The molecule has 0 aliphatic rings. The lowest BCUT2D eigenvalue weighted by atomic mass is 10.1. The fraction of sp³-hybridized carbons (Fsp3) is 0. The number of furan rings is 3. The van der Waals surface area contributed by atoms with Gasteiger partial charge in [0.05, 0.1) is 141 Å². The van der Waals surface area contributed by atoms with E-state index in [4.69, 9.17) is 13.3 Å². The monoisotopic (exact) mass is 1850 g/mol. The highest BCUT2D eigenvalue weighted by atomic mass is 32.1. The van der Waals surface area contributed by atoms with E-state index in [9.17, 15) is 31.6 Å². The SMILES string of the molecule is N#Cc1ccc2c(c1)c1cc(C#N)ccc1n2-c1ccc2oc3ccccc3c2c1.N#Cc1ccc2c(c1)c1ccccc1n2-c1ccc2oc3ccccc3c2c1.N#Cc1ccc2c(c1)c1ccccc1n2-c1ccc2sc3ccccc3c2c1.N#Cc1ccc2c(c1)c1ccccc1n2-c1cccc2c1oc1ccccc12.N#Cc1ccc2c(c1)c1ccccc1n2-c1cccc2c1sc1ccccc12. The van der Waals surface area contributed by atoms with Gasteiger partial charge in [-0.1, -0.05) is 188 Å². The van der Waals surface area contributed by atoms with E-state index in [2.05, 4.69) is 290 Å². The highest BCUT2D eigenvalue weighted by Gasteiger charge is 2.24. The van der Waals surface area contributed by atoms with Crippen LogP contribution < -0.4 is 0 Å². The van der Waals surface area contributed by atoms with Crippen LogP contribution in [0.15, 0.2) is 432 Å². The smallest absolute Gasteiger partial charge is 0.159 e. The lowest BCUT2D eigenvalue weighted by Crippen LogP contribution is -1.94. The van der Waals surface area contributed by atoms with Crippen LogP contribution in [-0.4, -0.2) is 22.8 Å². The molecule has 142 heavy (non-hydrogen) atoms. The molecule has 0 saturated carbocycles. The van der Waals surface area contributed by atoms with E-state index < -0.39 is 0 Å². The van der Waals surface area contributed by atoms with E-state index in [0.717, 1.165) is 187 Å². The van der Waals surface area contributed by atoms with Crippen LogP contribution in [0.25, 0.3) is 244 Å². The summed E-state index contributed by atoms with van der Waals surface area (Å²) >= 11 is 3.67. The minimum Gasteiger partial charge on any atom is -0.456 e. The van der Waals surface area contributed by atoms with Gasteiger partial charge < -0.3 is 36.1 Å². The molecule has 10 heterocycles. The van der Waals surface area contributed by atoms with E-state index >= 15 is 0 Å². The summed E-state index contributed by atoms with van der Waals surface area (Å²) in [6, 6.07) is 155. The predicted octanol–water partition coefficient (Wildman–Crippen LogP) is 33.6. The standard InChI is InChI=1S/C26H13N3O.2C25H14N2O.2C25H14N2S/c27-14-16-5-8-23-20(11-16)21-12-17(15-28)6-9-24(21)29(23)18-7-10-26-22(13-18)19-3-1-2-4-25(19)30-26;26-15-16-12-13-22-20(14-16)17-6-1-3-9-21(17)27(22)23-10-5-8-19-18-7-2-4-11-24(18)28-25(19)23;26-15-16-9-11-23-20(13-16)18-5-1-3-7-22(18)27(23)17-10-12-25-21(14-17)19-6-2-4-8-24(19)28-25;26-15-16-12-13-22-20(14-16)17-6-1-3-9-21(17)27(22)23-10-5-8-19-18-7-2-4-11-24(18)28-25(19)23;26-15-16-9-11-23-20(13-16)18-5-1-3-7-22(18)27(23)17-10-12-25-21(14-17)19-6-2-4-8-24(19)28-25/h1-13H;4*1-14H. The zero-order chi connectivity index (χ0) is 94.9. The van der Waals surface area contributed by atoms with E-state index in [-0.39, 0.29) is 0 Å². The van der Waals surface area contributed by atoms with Gasteiger partial charge in [-0.2, -0.15) is 31.6 Å². The number of thiophene rings is 2. The zero-order valence-electron chi connectivity index (χ0n) is 75.3. The maximum absolute atomic E-state index is 9.37. The number of hydrogen-bond acceptors (Lipinski definition) is 11. The third kappa shape index (κ3) is 13.5. The van der Waals surface area contributed by atoms with E-state index in [1.54, 1.807) is 0 Å². The van der Waals surface area contributed by atoms with Gasteiger partial charge in [0.1, 0.15) is 27.9 Å². The molecule has 0 unspecified atom stereocenters. The summed E-state index contributed by atoms with van der Waals surface area (Å²) in [5.41, 5.74) is 25.5. The first-order chi connectivity index (χ1) is 70.1. The number of rotatable bonds is 5. The first-order valence-electron chi connectivity index (χ1n) is 46.3. The number of nitrogens with zero attached hydrogens (tertiary/aromatic N) is 11. The third-order valence-electron chi connectivity index (χ3n) is 27.3. The van der Waals surface area contributed by atoms with Crippen LogP contribution in [0.2, 0.25) is 0 Å².